The van der Waals surface area contributed by atoms with Gasteiger partial charge in [-0.05, 0) is 58.2 Å². The summed E-state index contributed by atoms with van der Waals surface area (Å²) in [7, 11) is 0. The number of aromatic nitrogens is 2. The summed E-state index contributed by atoms with van der Waals surface area (Å²) < 4.78 is 0.936. The maximum Gasteiger partial charge on any atom is 0.278 e. The Kier molecular flexibility index (Phi) is 4.19. The van der Waals surface area contributed by atoms with E-state index in [1.54, 1.807) is 17.0 Å². The molecular formula is C19H15BrN4O. The molecule has 0 saturated carbocycles. The van der Waals surface area contributed by atoms with Crippen molar-refractivity contribution in [2.75, 3.05) is 16.8 Å². The molecule has 0 atom stereocenters. The van der Waals surface area contributed by atoms with Crippen LogP contribution in [0.2, 0.25) is 0 Å². The van der Waals surface area contributed by atoms with Gasteiger partial charge in [-0.3, -0.25) is 4.79 Å². The Morgan fingerprint density at radius 2 is 1.80 bits per heavy atom. The van der Waals surface area contributed by atoms with Crippen LogP contribution in [0, 0.1) is 0 Å². The monoisotopic (exact) mass is 394 g/mol. The number of para-hydroxylation sites is 2. The molecule has 1 N–H and O–H groups in total. The average molecular weight is 395 g/mol. The van der Waals surface area contributed by atoms with Crippen LogP contribution in [0.3, 0.4) is 0 Å². The second-order valence-electron chi connectivity index (χ2n) is 5.74. The van der Waals surface area contributed by atoms with E-state index in [1.165, 1.54) is 5.56 Å². The maximum atomic E-state index is 12.7. The summed E-state index contributed by atoms with van der Waals surface area (Å²) in [6, 6.07) is 19.2. The zero-order chi connectivity index (χ0) is 17.2. The second kappa shape index (κ2) is 6.64. The first-order valence-electron chi connectivity index (χ1n) is 7.97. The molecule has 2 aromatic carbocycles. The summed E-state index contributed by atoms with van der Waals surface area (Å²) in [4.78, 5) is 14.5. The molecule has 5 nitrogen and oxygen atoms in total. The minimum Gasteiger partial charge on any atom is -0.338 e. The Hall–Kier alpha value is -2.73. The van der Waals surface area contributed by atoms with E-state index in [1.807, 2.05) is 42.5 Å². The molecule has 6 heteroatoms. The number of hydrogen-bond donors (Lipinski definition) is 1. The lowest BCUT2D eigenvalue weighted by Gasteiger charge is -2.16. The molecule has 0 radical (unpaired) electrons. The van der Waals surface area contributed by atoms with Gasteiger partial charge >= 0.3 is 0 Å². The fourth-order valence-corrected chi connectivity index (χ4v) is 3.28. The standard InChI is InChI=1S/C19H15BrN4O/c20-14-6-2-3-7-15(14)21-18-10-9-16(22-23-18)19(25)24-12-11-13-5-1-4-8-17(13)24/h1-10H,11-12H2,(H,21,23). The van der Waals surface area contributed by atoms with Crippen LogP contribution in [0.25, 0.3) is 0 Å². The summed E-state index contributed by atoms with van der Waals surface area (Å²) in [5.74, 6) is 0.468. The fourth-order valence-electron chi connectivity index (χ4n) is 2.90. The Labute approximate surface area is 153 Å². The highest BCUT2D eigenvalue weighted by molar-refractivity contribution is 9.10. The van der Waals surface area contributed by atoms with E-state index < -0.39 is 0 Å². The highest BCUT2D eigenvalue weighted by atomic mass is 79.9. The summed E-state index contributed by atoms with van der Waals surface area (Å²) in [6.45, 7) is 0.677. The van der Waals surface area contributed by atoms with Gasteiger partial charge in [-0.15, -0.1) is 10.2 Å². The molecular weight excluding hydrogens is 380 g/mol. The minimum absolute atomic E-state index is 0.120. The van der Waals surface area contributed by atoms with Crippen LogP contribution in [0.15, 0.2) is 65.1 Å². The van der Waals surface area contributed by atoms with Gasteiger partial charge in [0, 0.05) is 16.7 Å². The number of benzene rings is 2. The number of halogens is 1. The molecule has 2 heterocycles. The molecule has 3 aromatic rings. The summed E-state index contributed by atoms with van der Waals surface area (Å²) in [5.41, 5.74) is 3.39. The van der Waals surface area contributed by atoms with Gasteiger partial charge in [-0.1, -0.05) is 30.3 Å². The van der Waals surface area contributed by atoms with E-state index in [9.17, 15) is 4.79 Å². The van der Waals surface area contributed by atoms with E-state index in [4.69, 9.17) is 0 Å². The lowest BCUT2D eigenvalue weighted by Crippen LogP contribution is -2.29. The van der Waals surface area contributed by atoms with Gasteiger partial charge in [0.1, 0.15) is 0 Å². The van der Waals surface area contributed by atoms with Crippen LogP contribution in [0.1, 0.15) is 16.1 Å². The van der Waals surface area contributed by atoms with Gasteiger partial charge < -0.3 is 10.2 Å². The molecule has 0 bridgehead atoms. The van der Waals surface area contributed by atoms with Crippen LogP contribution in [-0.4, -0.2) is 22.6 Å². The number of rotatable bonds is 3. The van der Waals surface area contributed by atoms with Crippen molar-refractivity contribution in [2.24, 2.45) is 0 Å². The Bertz CT molecular complexity index is 927. The van der Waals surface area contributed by atoms with Crippen LogP contribution in [0.5, 0.6) is 0 Å². The molecule has 124 valence electrons. The quantitative estimate of drug-likeness (QED) is 0.723. The lowest BCUT2D eigenvalue weighted by molar-refractivity contribution is 0.0983. The first-order chi connectivity index (χ1) is 12.2. The van der Waals surface area contributed by atoms with Gasteiger partial charge in [0.15, 0.2) is 11.5 Å². The predicted octanol–water partition coefficient (Wildman–Crippen LogP) is 4.19. The van der Waals surface area contributed by atoms with Crippen molar-refractivity contribution >= 4 is 39.0 Å². The molecule has 1 aliphatic heterocycles. The fraction of sp³-hybridized carbons (Fsp3) is 0.105. The third-order valence-corrected chi connectivity index (χ3v) is 4.84. The van der Waals surface area contributed by atoms with Crippen LogP contribution < -0.4 is 10.2 Å². The Balaban J connectivity index is 1.53. The first kappa shape index (κ1) is 15.8. The van der Waals surface area contributed by atoms with E-state index in [0.717, 1.165) is 22.3 Å². The van der Waals surface area contributed by atoms with Gasteiger partial charge in [-0.2, -0.15) is 0 Å². The largest absolute Gasteiger partial charge is 0.338 e. The minimum atomic E-state index is -0.120. The highest BCUT2D eigenvalue weighted by Gasteiger charge is 2.26. The van der Waals surface area contributed by atoms with Crippen molar-refractivity contribution in [1.29, 1.82) is 0 Å². The molecule has 4 rings (SSSR count). The third-order valence-electron chi connectivity index (χ3n) is 4.15. The molecule has 0 spiro atoms. The van der Waals surface area contributed by atoms with Gasteiger partial charge in [0.2, 0.25) is 0 Å². The molecule has 25 heavy (non-hydrogen) atoms. The molecule has 0 saturated heterocycles. The first-order valence-corrected chi connectivity index (χ1v) is 8.77. The molecule has 1 aliphatic rings. The van der Waals surface area contributed by atoms with E-state index in [2.05, 4.69) is 37.5 Å². The third kappa shape index (κ3) is 3.13. The number of fused-ring (bicyclic) bond motifs is 1. The number of anilines is 3. The summed E-state index contributed by atoms with van der Waals surface area (Å²) in [6.07, 6.45) is 0.872. The van der Waals surface area contributed by atoms with Crippen molar-refractivity contribution in [3.8, 4) is 0 Å². The van der Waals surface area contributed by atoms with Crippen LogP contribution in [-0.2, 0) is 6.42 Å². The number of carbonyl (C=O) groups excluding carboxylic acids is 1. The summed E-state index contributed by atoms with van der Waals surface area (Å²) >= 11 is 3.48. The van der Waals surface area contributed by atoms with Gasteiger partial charge in [0.05, 0.1) is 5.69 Å². The molecule has 0 unspecified atom stereocenters. The van der Waals surface area contributed by atoms with Gasteiger partial charge in [0.25, 0.3) is 5.91 Å². The van der Waals surface area contributed by atoms with Gasteiger partial charge in [-0.25, -0.2) is 0 Å². The average Bonchev–Trinajstić information content (AvgIpc) is 3.08. The number of nitrogens with one attached hydrogen (secondary N) is 1. The zero-order valence-corrected chi connectivity index (χ0v) is 14.9. The molecule has 0 aliphatic carbocycles. The van der Waals surface area contributed by atoms with Crippen molar-refractivity contribution in [2.45, 2.75) is 6.42 Å². The van der Waals surface area contributed by atoms with E-state index in [0.29, 0.717) is 18.1 Å². The number of hydrogen-bond acceptors (Lipinski definition) is 4. The number of amides is 1. The van der Waals surface area contributed by atoms with Crippen molar-refractivity contribution in [3.05, 3.63) is 76.4 Å². The number of carbonyl (C=O) groups is 1. The SMILES string of the molecule is O=C(c1ccc(Nc2ccccc2Br)nn1)N1CCc2ccccc21. The molecule has 0 fully saturated rings. The van der Waals surface area contributed by atoms with Crippen LogP contribution >= 0.6 is 15.9 Å². The number of nitrogens with zero attached hydrogens (tertiary/aromatic N) is 3. The second-order valence-corrected chi connectivity index (χ2v) is 6.60. The highest BCUT2D eigenvalue weighted by Crippen LogP contribution is 2.29. The summed E-state index contributed by atoms with van der Waals surface area (Å²) in [5, 5.41) is 11.4. The van der Waals surface area contributed by atoms with Crippen molar-refractivity contribution < 1.29 is 4.79 Å². The molecule has 1 aromatic heterocycles. The normalized spacial score (nSPS) is 12.8. The van der Waals surface area contributed by atoms with E-state index in [-0.39, 0.29) is 5.91 Å². The topological polar surface area (TPSA) is 58.1 Å². The predicted molar refractivity (Wildman–Crippen MR) is 101 cm³/mol. The Morgan fingerprint density at radius 3 is 2.60 bits per heavy atom. The van der Waals surface area contributed by atoms with Crippen molar-refractivity contribution in [3.63, 3.8) is 0 Å². The lowest BCUT2D eigenvalue weighted by atomic mass is 10.2. The zero-order valence-electron chi connectivity index (χ0n) is 13.3. The Morgan fingerprint density at radius 1 is 1.00 bits per heavy atom. The van der Waals surface area contributed by atoms with Crippen LogP contribution in [0.4, 0.5) is 17.2 Å². The maximum absolute atomic E-state index is 12.7. The molecule has 1 amide bonds. The van der Waals surface area contributed by atoms with E-state index >= 15 is 0 Å². The van der Waals surface area contributed by atoms with Crippen molar-refractivity contribution in [1.82, 2.24) is 10.2 Å². The smallest absolute Gasteiger partial charge is 0.278 e.